The third-order valence-electron chi connectivity index (χ3n) is 6.62. The molecule has 0 radical (unpaired) electrons. The number of amides is 1. The van der Waals surface area contributed by atoms with Crippen molar-refractivity contribution in [1.82, 2.24) is 20.2 Å². The quantitative estimate of drug-likeness (QED) is 0.257. The third-order valence-corrected chi connectivity index (χ3v) is 7.71. The monoisotopic (exact) mass is 561 g/mol. The molecule has 0 unspecified atom stereocenters. The molecule has 0 bridgehead atoms. The molecule has 40 heavy (non-hydrogen) atoms. The number of halogens is 1. The highest BCUT2D eigenvalue weighted by molar-refractivity contribution is 7.17. The van der Waals surface area contributed by atoms with E-state index in [0.29, 0.717) is 22.2 Å². The summed E-state index contributed by atoms with van der Waals surface area (Å²) in [6.07, 6.45) is 3.17. The molecule has 1 aliphatic heterocycles. The first-order valence-electron chi connectivity index (χ1n) is 13.3. The molecule has 1 aliphatic rings. The van der Waals surface area contributed by atoms with Gasteiger partial charge < -0.3 is 20.1 Å². The van der Waals surface area contributed by atoms with E-state index in [1.54, 1.807) is 19.2 Å². The fourth-order valence-corrected chi connectivity index (χ4v) is 5.42. The predicted octanol–water partition coefficient (Wildman–Crippen LogP) is 5.29. The number of carbonyl (C=O) groups excluding carboxylic acids is 1. The van der Waals surface area contributed by atoms with Crippen molar-refractivity contribution in [2.45, 2.75) is 19.4 Å². The van der Waals surface area contributed by atoms with Gasteiger partial charge in [-0.2, -0.15) is 0 Å². The van der Waals surface area contributed by atoms with Crippen LogP contribution >= 0.6 is 11.3 Å². The van der Waals surface area contributed by atoms with E-state index in [1.165, 1.54) is 16.9 Å². The first-order chi connectivity index (χ1) is 19.6. The van der Waals surface area contributed by atoms with Crippen molar-refractivity contribution in [2.24, 2.45) is 0 Å². The maximum atomic E-state index is 14.7. The number of ether oxygens (including phenoxy) is 2. The second-order valence-corrected chi connectivity index (χ2v) is 10.6. The first kappa shape index (κ1) is 27.7. The van der Waals surface area contributed by atoms with E-state index in [0.717, 1.165) is 68.9 Å². The minimum atomic E-state index is -0.549. The van der Waals surface area contributed by atoms with Gasteiger partial charge in [0, 0.05) is 25.3 Å². The number of rotatable bonds is 11. The average Bonchev–Trinajstić information content (AvgIpc) is 3.48. The summed E-state index contributed by atoms with van der Waals surface area (Å²) in [6, 6.07) is 19.0. The summed E-state index contributed by atoms with van der Waals surface area (Å²) in [5.41, 5.74) is 3.12. The van der Waals surface area contributed by atoms with E-state index < -0.39 is 5.82 Å². The number of methoxy groups -OCH3 is 1. The van der Waals surface area contributed by atoms with E-state index in [9.17, 15) is 9.18 Å². The molecular weight excluding hydrogens is 529 g/mol. The van der Waals surface area contributed by atoms with Crippen LogP contribution in [0.3, 0.4) is 0 Å². The summed E-state index contributed by atoms with van der Waals surface area (Å²) in [7, 11) is 1.60. The number of carbonyl (C=O) groups is 1. The lowest BCUT2D eigenvalue weighted by Gasteiger charge is -2.26. The van der Waals surface area contributed by atoms with Crippen LogP contribution in [0.5, 0.6) is 5.75 Å². The Morgan fingerprint density at radius 2 is 1.93 bits per heavy atom. The lowest BCUT2D eigenvalue weighted by atomic mass is 10.1. The van der Waals surface area contributed by atoms with Crippen LogP contribution in [0, 0.1) is 5.82 Å². The topological polar surface area (TPSA) is 88.6 Å². The number of anilines is 2. The lowest BCUT2D eigenvalue weighted by molar-refractivity contribution is 0.0375. The Morgan fingerprint density at radius 1 is 1.10 bits per heavy atom. The zero-order chi connectivity index (χ0) is 27.7. The molecule has 2 aromatic carbocycles. The number of benzene rings is 2. The van der Waals surface area contributed by atoms with Gasteiger partial charge in [0.25, 0.3) is 5.91 Å². The largest absolute Gasteiger partial charge is 0.497 e. The molecule has 0 aliphatic carbocycles. The minimum absolute atomic E-state index is 0.149. The van der Waals surface area contributed by atoms with Gasteiger partial charge in [-0.05, 0) is 66.9 Å². The fourth-order valence-electron chi connectivity index (χ4n) is 4.50. The van der Waals surface area contributed by atoms with Gasteiger partial charge in [-0.15, -0.1) is 11.3 Å². The van der Waals surface area contributed by atoms with Gasteiger partial charge >= 0.3 is 0 Å². The standard InChI is InChI=1S/C30H32FN5O3S/c1-38-24-9-3-6-22(18-24)19-32-29(37)27-11-10-26(40-27)28-25(31)20-33-30(35-28)34-23-8-2-5-21(17-23)7-4-12-36-13-15-39-16-14-36/h2-3,5-6,8-11,17-18,20H,4,7,12-16,19H2,1H3,(H,32,37)(H,33,34,35). The predicted molar refractivity (Wildman–Crippen MR) is 155 cm³/mol. The molecule has 8 nitrogen and oxygen atoms in total. The highest BCUT2D eigenvalue weighted by atomic mass is 32.1. The van der Waals surface area contributed by atoms with Crippen LogP contribution in [0.25, 0.3) is 10.6 Å². The van der Waals surface area contributed by atoms with E-state index in [-0.39, 0.29) is 11.6 Å². The number of nitrogens with one attached hydrogen (secondary N) is 2. The Labute approximate surface area is 237 Å². The fraction of sp³-hybridized carbons (Fsp3) is 0.300. The Bertz CT molecular complexity index is 1440. The number of nitrogens with zero attached hydrogens (tertiary/aromatic N) is 3. The molecule has 10 heteroatoms. The van der Waals surface area contributed by atoms with Crippen molar-refractivity contribution in [1.29, 1.82) is 0 Å². The number of hydrogen-bond acceptors (Lipinski definition) is 8. The van der Waals surface area contributed by atoms with E-state index in [1.807, 2.05) is 36.4 Å². The highest BCUT2D eigenvalue weighted by Crippen LogP contribution is 2.30. The molecule has 0 saturated carbocycles. The van der Waals surface area contributed by atoms with Crippen molar-refractivity contribution in [3.8, 4) is 16.3 Å². The van der Waals surface area contributed by atoms with Crippen LogP contribution in [-0.2, 0) is 17.7 Å². The van der Waals surface area contributed by atoms with Gasteiger partial charge in [0.1, 0.15) is 11.4 Å². The van der Waals surface area contributed by atoms with Crippen molar-refractivity contribution in [3.63, 3.8) is 0 Å². The first-order valence-corrected chi connectivity index (χ1v) is 14.1. The van der Waals surface area contributed by atoms with Gasteiger partial charge in [0.05, 0.1) is 36.3 Å². The lowest BCUT2D eigenvalue weighted by Crippen LogP contribution is -2.36. The Balaban J connectivity index is 1.20. The summed E-state index contributed by atoms with van der Waals surface area (Å²) < 4.78 is 25.4. The van der Waals surface area contributed by atoms with E-state index in [2.05, 4.69) is 37.6 Å². The second kappa shape index (κ2) is 13.5. The van der Waals surface area contributed by atoms with Crippen molar-refractivity contribution in [2.75, 3.05) is 45.3 Å². The van der Waals surface area contributed by atoms with Crippen molar-refractivity contribution >= 4 is 28.9 Å². The number of hydrogen-bond donors (Lipinski definition) is 2. The van der Waals surface area contributed by atoms with Crippen LogP contribution in [-0.4, -0.2) is 60.7 Å². The average molecular weight is 562 g/mol. The van der Waals surface area contributed by atoms with Gasteiger partial charge in [-0.25, -0.2) is 14.4 Å². The van der Waals surface area contributed by atoms with Crippen molar-refractivity contribution < 1.29 is 18.7 Å². The molecule has 1 fully saturated rings. The molecule has 3 heterocycles. The van der Waals surface area contributed by atoms with Gasteiger partial charge in [-0.3, -0.25) is 9.69 Å². The molecule has 2 N–H and O–H groups in total. The van der Waals surface area contributed by atoms with Gasteiger partial charge in [0.2, 0.25) is 5.95 Å². The molecule has 0 atom stereocenters. The van der Waals surface area contributed by atoms with Crippen LogP contribution in [0.4, 0.5) is 16.0 Å². The smallest absolute Gasteiger partial charge is 0.261 e. The number of aryl methyl sites for hydroxylation is 1. The molecule has 1 saturated heterocycles. The molecule has 4 aromatic rings. The maximum Gasteiger partial charge on any atom is 0.261 e. The number of morpholine rings is 1. The van der Waals surface area contributed by atoms with Crippen LogP contribution in [0.15, 0.2) is 66.9 Å². The van der Waals surface area contributed by atoms with E-state index in [4.69, 9.17) is 9.47 Å². The van der Waals surface area contributed by atoms with Crippen LogP contribution in [0.1, 0.15) is 27.2 Å². The van der Waals surface area contributed by atoms with E-state index >= 15 is 0 Å². The normalized spacial score (nSPS) is 13.7. The summed E-state index contributed by atoms with van der Waals surface area (Å²) in [5.74, 6) is 0.230. The SMILES string of the molecule is COc1cccc(CNC(=O)c2ccc(-c3nc(Nc4cccc(CCCN5CCOCC5)c4)ncc3F)s2)c1. The minimum Gasteiger partial charge on any atom is -0.497 e. The van der Waals surface area contributed by atoms with Crippen LogP contribution in [0.2, 0.25) is 0 Å². The Morgan fingerprint density at radius 3 is 2.77 bits per heavy atom. The Kier molecular flexibility index (Phi) is 9.33. The van der Waals surface area contributed by atoms with Gasteiger partial charge in [-0.1, -0.05) is 24.3 Å². The summed E-state index contributed by atoms with van der Waals surface area (Å²) >= 11 is 1.18. The van der Waals surface area contributed by atoms with Gasteiger partial charge in [0.15, 0.2) is 5.82 Å². The number of aromatic nitrogens is 2. The second-order valence-electron chi connectivity index (χ2n) is 9.47. The summed E-state index contributed by atoms with van der Waals surface area (Å²) in [6.45, 7) is 5.00. The zero-order valence-electron chi connectivity index (χ0n) is 22.4. The molecule has 1 amide bonds. The van der Waals surface area contributed by atoms with Crippen LogP contribution < -0.4 is 15.4 Å². The summed E-state index contributed by atoms with van der Waals surface area (Å²) in [5, 5.41) is 6.10. The molecule has 0 spiro atoms. The molecule has 208 valence electrons. The molecule has 5 rings (SSSR count). The third kappa shape index (κ3) is 7.41. The molecule has 2 aromatic heterocycles. The highest BCUT2D eigenvalue weighted by Gasteiger charge is 2.16. The summed E-state index contributed by atoms with van der Waals surface area (Å²) in [4.78, 5) is 24.7. The zero-order valence-corrected chi connectivity index (χ0v) is 23.2. The number of thiophene rings is 1. The molecular formula is C30H32FN5O3S. The Hall–Kier alpha value is -3.86. The maximum absolute atomic E-state index is 14.7. The van der Waals surface area contributed by atoms with Crippen molar-refractivity contribution in [3.05, 3.63) is 88.7 Å².